The van der Waals surface area contributed by atoms with Gasteiger partial charge in [0.15, 0.2) is 0 Å². The Bertz CT molecular complexity index is 529. The van der Waals surface area contributed by atoms with Gasteiger partial charge in [0.2, 0.25) is 0 Å². The molecule has 1 unspecified atom stereocenters. The Kier molecular flexibility index (Phi) is 4.74. The molecule has 108 valence electrons. The van der Waals surface area contributed by atoms with E-state index in [-0.39, 0.29) is 6.04 Å². The van der Waals surface area contributed by atoms with Gasteiger partial charge in [0.25, 0.3) is 0 Å². The smallest absolute Gasteiger partial charge is 0.0801 e. The van der Waals surface area contributed by atoms with Gasteiger partial charge in [0.05, 0.1) is 17.9 Å². The highest BCUT2D eigenvalue weighted by molar-refractivity contribution is 5.47. The fourth-order valence-electron chi connectivity index (χ4n) is 2.32. The molecule has 0 amide bonds. The molecule has 0 saturated heterocycles. The van der Waals surface area contributed by atoms with Crippen LogP contribution >= 0.6 is 0 Å². The van der Waals surface area contributed by atoms with Gasteiger partial charge in [-0.2, -0.15) is 0 Å². The first-order valence-electron chi connectivity index (χ1n) is 7.00. The zero-order chi connectivity index (χ0) is 14.5. The van der Waals surface area contributed by atoms with E-state index < -0.39 is 0 Å². The molecule has 5 heteroatoms. The highest BCUT2D eigenvalue weighted by Crippen LogP contribution is 2.23. The molecule has 0 aliphatic carbocycles. The predicted molar refractivity (Wildman–Crippen MR) is 82.0 cm³/mol. The number of hydrogen-bond donors (Lipinski definition) is 1. The lowest BCUT2D eigenvalue weighted by Gasteiger charge is -2.19. The molecule has 0 spiro atoms. The Balaban J connectivity index is 2.29. The average Bonchev–Trinajstić information content (AvgIpc) is 2.89. The lowest BCUT2D eigenvalue weighted by Crippen LogP contribution is -2.21. The molecule has 20 heavy (non-hydrogen) atoms. The van der Waals surface area contributed by atoms with Crippen LogP contribution < -0.4 is 10.2 Å². The summed E-state index contributed by atoms with van der Waals surface area (Å²) >= 11 is 0. The molecule has 0 radical (unpaired) electrons. The molecular weight excluding hydrogens is 250 g/mol. The van der Waals surface area contributed by atoms with Crippen LogP contribution in [0.25, 0.3) is 0 Å². The van der Waals surface area contributed by atoms with E-state index in [0.29, 0.717) is 0 Å². The molecule has 2 rings (SSSR count). The van der Waals surface area contributed by atoms with Crippen LogP contribution in [0.1, 0.15) is 30.6 Å². The minimum Gasteiger partial charge on any atom is -0.378 e. The molecule has 1 aromatic heterocycles. The number of aryl methyl sites for hydroxylation is 1. The van der Waals surface area contributed by atoms with Crippen molar-refractivity contribution in [2.24, 2.45) is 0 Å². The predicted octanol–water partition coefficient (Wildman–Crippen LogP) is 2.06. The minimum atomic E-state index is 0.118. The van der Waals surface area contributed by atoms with Gasteiger partial charge < -0.3 is 10.2 Å². The van der Waals surface area contributed by atoms with Crippen molar-refractivity contribution >= 4 is 5.69 Å². The van der Waals surface area contributed by atoms with E-state index in [0.717, 1.165) is 18.7 Å². The maximum atomic E-state index is 4.16. The molecule has 1 atom stereocenters. The maximum absolute atomic E-state index is 4.16. The van der Waals surface area contributed by atoms with Crippen molar-refractivity contribution in [2.45, 2.75) is 25.9 Å². The first kappa shape index (κ1) is 14.5. The lowest BCUT2D eigenvalue weighted by atomic mass is 10.0. The van der Waals surface area contributed by atoms with E-state index in [1.165, 1.54) is 11.3 Å². The van der Waals surface area contributed by atoms with E-state index >= 15 is 0 Å². The highest BCUT2D eigenvalue weighted by atomic mass is 15.4. The summed E-state index contributed by atoms with van der Waals surface area (Å²) in [5.41, 5.74) is 3.52. The Labute approximate surface area is 120 Å². The second-order valence-electron chi connectivity index (χ2n) is 5.09. The van der Waals surface area contributed by atoms with Crippen molar-refractivity contribution in [2.75, 3.05) is 26.0 Å². The third-order valence-electron chi connectivity index (χ3n) is 3.41. The van der Waals surface area contributed by atoms with Gasteiger partial charge in [0, 0.05) is 26.3 Å². The summed E-state index contributed by atoms with van der Waals surface area (Å²) in [6.07, 6.45) is 2.89. The molecule has 1 heterocycles. The first-order chi connectivity index (χ1) is 9.67. The number of rotatable bonds is 6. The molecule has 5 nitrogen and oxygen atoms in total. The monoisotopic (exact) mass is 273 g/mol. The van der Waals surface area contributed by atoms with E-state index in [9.17, 15) is 0 Å². The average molecular weight is 273 g/mol. The normalized spacial score (nSPS) is 12.4. The second-order valence-corrected chi connectivity index (χ2v) is 5.09. The van der Waals surface area contributed by atoms with Gasteiger partial charge in [-0.15, -0.1) is 5.10 Å². The fraction of sp³-hybridized carbons (Fsp3) is 0.467. The van der Waals surface area contributed by atoms with Crippen LogP contribution in [0.15, 0.2) is 30.5 Å². The van der Waals surface area contributed by atoms with Crippen LogP contribution in [-0.4, -0.2) is 36.1 Å². The Morgan fingerprint density at radius 2 is 1.95 bits per heavy atom. The number of hydrogen-bond acceptors (Lipinski definition) is 4. The molecule has 0 bridgehead atoms. The van der Waals surface area contributed by atoms with Gasteiger partial charge in [-0.1, -0.05) is 24.3 Å². The number of nitrogens with zero attached hydrogens (tertiary/aromatic N) is 4. The number of aromatic nitrogens is 3. The molecule has 0 saturated carbocycles. The Morgan fingerprint density at radius 3 is 2.50 bits per heavy atom. The van der Waals surface area contributed by atoms with Gasteiger partial charge in [-0.3, -0.25) is 0 Å². The third kappa shape index (κ3) is 2.99. The SMILES string of the molecule is CCCn1nncc1C(NC)c1ccc(N(C)C)cc1. The standard InChI is InChI=1S/C15H23N5/c1-5-10-20-14(11-17-18-20)15(16-2)12-6-8-13(9-7-12)19(3)4/h6-9,11,15-16H,5,10H2,1-4H3. The maximum Gasteiger partial charge on any atom is 0.0801 e. The van der Waals surface area contributed by atoms with Gasteiger partial charge >= 0.3 is 0 Å². The molecule has 0 aliphatic rings. The zero-order valence-corrected chi connectivity index (χ0v) is 12.7. The number of anilines is 1. The van der Waals surface area contributed by atoms with Gasteiger partial charge in [-0.05, 0) is 31.2 Å². The molecule has 0 aliphatic heterocycles. The van der Waals surface area contributed by atoms with Crippen LogP contribution in [-0.2, 0) is 6.54 Å². The van der Waals surface area contributed by atoms with Crippen molar-refractivity contribution < 1.29 is 0 Å². The lowest BCUT2D eigenvalue weighted by molar-refractivity contribution is 0.523. The summed E-state index contributed by atoms with van der Waals surface area (Å²) in [4.78, 5) is 2.10. The minimum absolute atomic E-state index is 0.118. The van der Waals surface area contributed by atoms with E-state index in [4.69, 9.17) is 0 Å². The van der Waals surface area contributed by atoms with Crippen LogP contribution in [0.3, 0.4) is 0 Å². The van der Waals surface area contributed by atoms with E-state index in [1.807, 2.05) is 32.0 Å². The topological polar surface area (TPSA) is 46.0 Å². The van der Waals surface area contributed by atoms with Crippen LogP contribution in [0.5, 0.6) is 0 Å². The third-order valence-corrected chi connectivity index (χ3v) is 3.41. The molecule has 0 fully saturated rings. The van der Waals surface area contributed by atoms with E-state index in [1.54, 1.807) is 0 Å². The first-order valence-corrected chi connectivity index (χ1v) is 7.00. The van der Waals surface area contributed by atoms with Crippen LogP contribution in [0.2, 0.25) is 0 Å². The van der Waals surface area contributed by atoms with Crippen LogP contribution in [0.4, 0.5) is 5.69 Å². The summed E-state index contributed by atoms with van der Waals surface area (Å²) in [6.45, 7) is 3.04. The van der Waals surface area contributed by atoms with Gasteiger partial charge in [-0.25, -0.2) is 4.68 Å². The van der Waals surface area contributed by atoms with Crippen molar-refractivity contribution in [1.29, 1.82) is 0 Å². The van der Waals surface area contributed by atoms with Crippen molar-refractivity contribution in [3.05, 3.63) is 41.7 Å². The highest BCUT2D eigenvalue weighted by Gasteiger charge is 2.17. The fourth-order valence-corrected chi connectivity index (χ4v) is 2.32. The summed E-state index contributed by atoms with van der Waals surface area (Å²) < 4.78 is 1.97. The summed E-state index contributed by atoms with van der Waals surface area (Å²) in [6, 6.07) is 8.69. The summed E-state index contributed by atoms with van der Waals surface area (Å²) in [5.74, 6) is 0. The van der Waals surface area contributed by atoms with E-state index in [2.05, 4.69) is 51.7 Å². The Morgan fingerprint density at radius 1 is 1.25 bits per heavy atom. The number of nitrogens with one attached hydrogen (secondary N) is 1. The van der Waals surface area contributed by atoms with Crippen molar-refractivity contribution in [3.8, 4) is 0 Å². The molecule has 2 aromatic rings. The molecule has 1 N–H and O–H groups in total. The zero-order valence-electron chi connectivity index (χ0n) is 12.7. The van der Waals surface area contributed by atoms with Gasteiger partial charge in [0.1, 0.15) is 0 Å². The number of benzene rings is 1. The van der Waals surface area contributed by atoms with Crippen molar-refractivity contribution in [3.63, 3.8) is 0 Å². The molecule has 1 aromatic carbocycles. The summed E-state index contributed by atoms with van der Waals surface area (Å²) in [5, 5.41) is 11.6. The van der Waals surface area contributed by atoms with Crippen LogP contribution in [0, 0.1) is 0 Å². The quantitative estimate of drug-likeness (QED) is 0.875. The largest absolute Gasteiger partial charge is 0.378 e. The van der Waals surface area contributed by atoms with Crippen molar-refractivity contribution in [1.82, 2.24) is 20.3 Å². The molecular formula is C15H23N5. The summed E-state index contributed by atoms with van der Waals surface area (Å²) in [7, 11) is 6.06. The Hall–Kier alpha value is -1.88. The second kappa shape index (κ2) is 6.52.